The average Bonchev–Trinajstić information content (AvgIpc) is 2.85. The van der Waals surface area contributed by atoms with Crippen molar-refractivity contribution in [1.29, 1.82) is 0 Å². The largest absolute Gasteiger partial charge is 0.332 e. The number of hydrogen-bond donors (Lipinski definition) is 3. The van der Waals surface area contributed by atoms with Gasteiger partial charge in [0, 0.05) is 29.2 Å². The van der Waals surface area contributed by atoms with Crippen LogP contribution in [-0.4, -0.2) is 29.3 Å². The number of hydrogen-bond acceptors (Lipinski definition) is 6. The van der Waals surface area contributed by atoms with Crippen molar-refractivity contribution in [2.75, 3.05) is 15.4 Å². The molecule has 0 bridgehead atoms. The first-order valence-electron chi connectivity index (χ1n) is 10.1. The van der Waals surface area contributed by atoms with Crippen LogP contribution in [-0.2, 0) is 10.0 Å². The summed E-state index contributed by atoms with van der Waals surface area (Å²) in [6.45, 7) is 0. The Morgan fingerprint density at radius 2 is 1.41 bits per heavy atom. The van der Waals surface area contributed by atoms with Crippen LogP contribution in [0.4, 0.5) is 17.3 Å². The molecule has 10 heteroatoms. The van der Waals surface area contributed by atoms with Crippen LogP contribution in [0.3, 0.4) is 0 Å². The van der Waals surface area contributed by atoms with Crippen molar-refractivity contribution in [3.05, 3.63) is 108 Å². The number of nitrogens with zero attached hydrogens (tertiary/aromatic N) is 2. The fourth-order valence-electron chi connectivity index (χ4n) is 3.07. The molecule has 3 aromatic carbocycles. The van der Waals surface area contributed by atoms with E-state index in [4.69, 9.17) is 12.2 Å². The number of benzene rings is 3. The van der Waals surface area contributed by atoms with Crippen LogP contribution in [0, 0.1) is 0 Å². The van der Waals surface area contributed by atoms with Crippen molar-refractivity contribution < 1.29 is 13.2 Å². The molecule has 170 valence electrons. The second-order valence-corrected chi connectivity index (χ2v) is 9.11. The number of anilines is 3. The zero-order valence-electron chi connectivity index (χ0n) is 17.7. The maximum atomic E-state index is 12.9. The van der Waals surface area contributed by atoms with E-state index < -0.39 is 10.0 Å². The van der Waals surface area contributed by atoms with Crippen LogP contribution in [0.15, 0.2) is 102 Å². The minimum atomic E-state index is -3.84. The number of nitrogens with one attached hydrogen (secondary N) is 3. The minimum Gasteiger partial charge on any atom is -0.332 e. The number of carbonyl (C=O) groups is 1. The van der Waals surface area contributed by atoms with E-state index in [1.165, 1.54) is 24.5 Å². The Morgan fingerprint density at radius 1 is 0.765 bits per heavy atom. The molecule has 0 aliphatic heterocycles. The van der Waals surface area contributed by atoms with Crippen LogP contribution in [0.5, 0.6) is 0 Å². The summed E-state index contributed by atoms with van der Waals surface area (Å²) in [5.74, 6) is -0.144. The van der Waals surface area contributed by atoms with E-state index in [0.29, 0.717) is 22.5 Å². The quantitative estimate of drug-likeness (QED) is 0.260. The summed E-state index contributed by atoms with van der Waals surface area (Å²) < 4.78 is 27.3. The molecule has 0 aliphatic carbocycles. The molecule has 0 atom stereocenters. The van der Waals surface area contributed by atoms with Gasteiger partial charge in [-0.2, -0.15) is 0 Å². The predicted octanol–water partition coefficient (Wildman–Crippen LogP) is 4.32. The Hall–Kier alpha value is -4.15. The van der Waals surface area contributed by atoms with E-state index in [1.54, 1.807) is 54.6 Å². The lowest BCUT2D eigenvalue weighted by Crippen LogP contribution is -2.21. The highest BCUT2D eigenvalue weighted by molar-refractivity contribution is 7.92. The molecule has 0 fully saturated rings. The van der Waals surface area contributed by atoms with Crippen molar-refractivity contribution in [3.8, 4) is 0 Å². The van der Waals surface area contributed by atoms with Crippen LogP contribution < -0.4 is 15.4 Å². The molecule has 8 nitrogen and oxygen atoms in total. The molecule has 4 rings (SSSR count). The van der Waals surface area contributed by atoms with Gasteiger partial charge in [-0.3, -0.25) is 4.79 Å². The Kier molecular flexibility index (Phi) is 6.90. The first kappa shape index (κ1) is 23.0. The summed E-state index contributed by atoms with van der Waals surface area (Å²) in [5.41, 5.74) is 2.18. The van der Waals surface area contributed by atoms with Crippen molar-refractivity contribution >= 4 is 50.5 Å². The van der Waals surface area contributed by atoms with E-state index >= 15 is 0 Å². The maximum absolute atomic E-state index is 12.9. The van der Waals surface area contributed by atoms with E-state index in [0.717, 1.165) is 0 Å². The highest BCUT2D eigenvalue weighted by atomic mass is 32.2. The Morgan fingerprint density at radius 3 is 2.12 bits per heavy atom. The number of thiocarbonyl (C=S) groups is 1. The minimum absolute atomic E-state index is 0.0150. The molecule has 0 saturated carbocycles. The van der Waals surface area contributed by atoms with Crippen LogP contribution >= 0.6 is 12.2 Å². The lowest BCUT2D eigenvalue weighted by Gasteiger charge is -2.14. The molecular weight excluding hydrogens is 470 g/mol. The van der Waals surface area contributed by atoms with Crippen molar-refractivity contribution in [1.82, 2.24) is 9.97 Å². The highest BCUT2D eigenvalue weighted by Crippen LogP contribution is 2.21. The Balaban J connectivity index is 1.44. The second-order valence-electron chi connectivity index (χ2n) is 7.02. The molecule has 1 aromatic heterocycles. The lowest BCUT2D eigenvalue weighted by atomic mass is 10.0. The van der Waals surface area contributed by atoms with E-state index in [1.807, 2.05) is 18.2 Å². The Bertz CT molecular complexity index is 1410. The molecule has 1 heterocycles. The second kappa shape index (κ2) is 10.2. The summed E-state index contributed by atoms with van der Waals surface area (Å²) in [5, 5.41) is 6.28. The zero-order valence-corrected chi connectivity index (χ0v) is 19.3. The standard InChI is InChI=1S/C24H19N5O3S2/c30-22(17-7-2-1-3-8-17)20-9-4-5-10-21(20)28-24(33)27-18-11-13-19(14-12-18)34(31,32)29-23-25-15-6-16-26-23/h1-16H,(H,25,26,29)(H2,27,28,33). The fraction of sp³-hybridized carbons (Fsp3) is 0. The van der Waals surface area contributed by atoms with Gasteiger partial charge in [0.25, 0.3) is 10.0 Å². The summed E-state index contributed by atoms with van der Waals surface area (Å²) in [7, 11) is -3.84. The van der Waals surface area contributed by atoms with Crippen molar-refractivity contribution in [3.63, 3.8) is 0 Å². The van der Waals surface area contributed by atoms with Crippen molar-refractivity contribution in [2.45, 2.75) is 4.90 Å². The monoisotopic (exact) mass is 489 g/mol. The lowest BCUT2D eigenvalue weighted by molar-refractivity contribution is 0.103. The van der Waals surface area contributed by atoms with Gasteiger partial charge in [0.05, 0.1) is 10.6 Å². The van der Waals surface area contributed by atoms with Gasteiger partial charge in [-0.1, -0.05) is 42.5 Å². The summed E-state index contributed by atoms with van der Waals surface area (Å²) in [6, 6.07) is 23.7. The number of carbonyl (C=O) groups excluding carboxylic acids is 1. The third-order valence-electron chi connectivity index (χ3n) is 4.67. The summed E-state index contributed by atoms with van der Waals surface area (Å²) in [4.78, 5) is 20.7. The first-order valence-corrected chi connectivity index (χ1v) is 12.0. The SMILES string of the molecule is O=C(c1ccccc1)c1ccccc1NC(=S)Nc1ccc(S(=O)(=O)Nc2ncccn2)cc1. The number of sulfonamides is 1. The molecule has 4 aromatic rings. The van der Waals surface area contributed by atoms with Gasteiger partial charge in [0.1, 0.15) is 0 Å². The number of para-hydroxylation sites is 1. The topological polar surface area (TPSA) is 113 Å². The Labute approximate surface area is 202 Å². The molecule has 0 saturated heterocycles. The van der Waals surface area contributed by atoms with Gasteiger partial charge in [-0.25, -0.2) is 23.1 Å². The van der Waals surface area contributed by atoms with Gasteiger partial charge >= 0.3 is 0 Å². The van der Waals surface area contributed by atoms with Gasteiger partial charge in [0.2, 0.25) is 5.95 Å². The van der Waals surface area contributed by atoms with Gasteiger partial charge in [-0.15, -0.1) is 0 Å². The molecule has 0 radical (unpaired) electrons. The molecular formula is C24H19N5O3S2. The van der Waals surface area contributed by atoms with Crippen LogP contribution in [0.25, 0.3) is 0 Å². The van der Waals surface area contributed by atoms with E-state index in [-0.39, 0.29) is 21.7 Å². The maximum Gasteiger partial charge on any atom is 0.264 e. The number of aromatic nitrogens is 2. The molecule has 0 spiro atoms. The average molecular weight is 490 g/mol. The van der Waals surface area contributed by atoms with Gasteiger partial charge in [-0.05, 0) is 54.7 Å². The van der Waals surface area contributed by atoms with Gasteiger partial charge < -0.3 is 10.6 Å². The normalized spacial score (nSPS) is 10.8. The fourth-order valence-corrected chi connectivity index (χ4v) is 4.25. The zero-order chi connectivity index (χ0) is 24.0. The van der Waals surface area contributed by atoms with Gasteiger partial charge in [0.15, 0.2) is 10.9 Å². The van der Waals surface area contributed by atoms with Crippen LogP contribution in [0.1, 0.15) is 15.9 Å². The van der Waals surface area contributed by atoms with E-state index in [2.05, 4.69) is 25.3 Å². The first-order chi connectivity index (χ1) is 16.4. The smallest absolute Gasteiger partial charge is 0.264 e. The molecule has 0 amide bonds. The summed E-state index contributed by atoms with van der Waals surface area (Å²) in [6.07, 6.45) is 2.88. The molecule has 34 heavy (non-hydrogen) atoms. The molecule has 3 N–H and O–H groups in total. The number of rotatable bonds is 7. The molecule has 0 unspecified atom stereocenters. The van der Waals surface area contributed by atoms with Crippen LogP contribution in [0.2, 0.25) is 0 Å². The third-order valence-corrected chi connectivity index (χ3v) is 6.22. The predicted molar refractivity (Wildman–Crippen MR) is 135 cm³/mol. The van der Waals surface area contributed by atoms with Crippen molar-refractivity contribution in [2.24, 2.45) is 0 Å². The molecule has 0 aliphatic rings. The third kappa shape index (κ3) is 5.61. The summed E-state index contributed by atoms with van der Waals surface area (Å²) >= 11 is 5.39. The number of ketones is 1. The highest BCUT2D eigenvalue weighted by Gasteiger charge is 2.16. The van der Waals surface area contributed by atoms with E-state index in [9.17, 15) is 13.2 Å².